The number of piperidine rings is 1. The number of nitrogens with zero attached hydrogens (tertiary/aromatic N) is 2. The van der Waals surface area contributed by atoms with Gasteiger partial charge in [-0.15, -0.1) is 0 Å². The Bertz CT molecular complexity index is 884. The van der Waals surface area contributed by atoms with Gasteiger partial charge in [0.05, 0.1) is 6.07 Å². The Kier molecular flexibility index (Phi) is 8.34. The molecule has 0 aromatic rings. The van der Waals surface area contributed by atoms with Crippen LogP contribution in [0.2, 0.25) is 0 Å². The van der Waals surface area contributed by atoms with Crippen LogP contribution in [0.1, 0.15) is 59.3 Å². The fraction of sp³-hybridized carbons (Fsp3) is 0.792. The zero-order valence-electron chi connectivity index (χ0n) is 20.5. The molecule has 0 aromatic carbocycles. The van der Waals surface area contributed by atoms with E-state index in [1.54, 1.807) is 20.8 Å². The van der Waals surface area contributed by atoms with Crippen molar-refractivity contribution in [2.24, 2.45) is 23.2 Å². The molecule has 0 spiro atoms. The van der Waals surface area contributed by atoms with Crippen molar-refractivity contribution >= 4 is 23.6 Å². The first-order chi connectivity index (χ1) is 16.4. The summed E-state index contributed by atoms with van der Waals surface area (Å²) >= 11 is 0. The average Bonchev–Trinajstić information content (AvgIpc) is 3.38. The Balaban J connectivity index is 1.79. The fourth-order valence-corrected chi connectivity index (χ4v) is 5.63. The summed E-state index contributed by atoms with van der Waals surface area (Å²) in [4.78, 5) is 52.3. The van der Waals surface area contributed by atoms with Crippen LogP contribution < -0.4 is 16.0 Å². The maximum absolute atomic E-state index is 13.6. The molecule has 1 aliphatic carbocycles. The lowest BCUT2D eigenvalue weighted by atomic mass is 9.85. The van der Waals surface area contributed by atoms with Gasteiger partial charge >= 0.3 is 6.43 Å². The molecule has 1 saturated carbocycles. The van der Waals surface area contributed by atoms with E-state index in [1.165, 1.54) is 4.90 Å². The third-order valence-corrected chi connectivity index (χ3v) is 7.43. The maximum Gasteiger partial charge on any atom is 0.315 e. The van der Waals surface area contributed by atoms with E-state index >= 15 is 0 Å². The van der Waals surface area contributed by atoms with Gasteiger partial charge in [0, 0.05) is 19.0 Å². The first kappa shape index (κ1) is 26.8. The molecule has 194 valence electrons. The quantitative estimate of drug-likeness (QED) is 0.490. The van der Waals surface area contributed by atoms with Crippen molar-refractivity contribution in [2.45, 2.75) is 83.8 Å². The summed E-state index contributed by atoms with van der Waals surface area (Å²) in [5.74, 6) is -3.13. The molecule has 4 amide bonds. The van der Waals surface area contributed by atoms with Crippen molar-refractivity contribution < 1.29 is 28.0 Å². The van der Waals surface area contributed by atoms with Crippen LogP contribution in [-0.2, 0) is 19.2 Å². The van der Waals surface area contributed by atoms with Crippen molar-refractivity contribution in [1.29, 1.82) is 5.26 Å². The number of fused-ring (bicyclic) bond motifs is 1. The first-order valence-corrected chi connectivity index (χ1v) is 12.3. The van der Waals surface area contributed by atoms with Gasteiger partial charge in [-0.3, -0.25) is 19.2 Å². The molecule has 3 N–H and O–H groups in total. The molecule has 3 rings (SSSR count). The molecule has 0 bridgehead atoms. The number of carbonyl (C=O) groups excluding carboxylic acids is 4. The Morgan fingerprint density at radius 1 is 1.17 bits per heavy atom. The average molecular weight is 496 g/mol. The lowest BCUT2D eigenvalue weighted by Gasteiger charge is -2.36. The SMILES string of the molecule is CC(C)(C)[C@H](NC(=O)C(F)F)C(=O)N1C[C@@H]2CCC[C@@H]2[C@H]1C(=O)N[C@H](C#N)C[C@@H]1CCCNC1=O. The Labute approximate surface area is 204 Å². The van der Waals surface area contributed by atoms with Crippen molar-refractivity contribution in [2.75, 3.05) is 13.1 Å². The van der Waals surface area contributed by atoms with Gasteiger partial charge in [-0.2, -0.15) is 14.0 Å². The van der Waals surface area contributed by atoms with E-state index in [0.717, 1.165) is 25.7 Å². The van der Waals surface area contributed by atoms with Gasteiger partial charge in [-0.1, -0.05) is 27.2 Å². The van der Waals surface area contributed by atoms with E-state index in [1.807, 2.05) is 0 Å². The third-order valence-electron chi connectivity index (χ3n) is 7.43. The highest BCUT2D eigenvalue weighted by molar-refractivity contribution is 5.94. The summed E-state index contributed by atoms with van der Waals surface area (Å²) in [5.41, 5.74) is -0.871. The van der Waals surface area contributed by atoms with E-state index in [-0.39, 0.29) is 30.1 Å². The molecule has 3 fully saturated rings. The monoisotopic (exact) mass is 495 g/mol. The van der Waals surface area contributed by atoms with Crippen LogP contribution in [0.25, 0.3) is 0 Å². The standard InChI is InChI=1S/C24H35F2N5O4/c1-24(2,3)18(30-22(34)19(25)26)23(35)31-12-14-6-4-8-16(14)17(31)21(33)29-15(11-27)10-13-7-5-9-28-20(13)32/h13-19H,4-10,12H2,1-3H3,(H,28,32)(H,29,33)(H,30,34)/t13-,14-,15-,16-,17-,18+/m0/s1. The topological polar surface area (TPSA) is 131 Å². The second-order valence-electron chi connectivity index (χ2n) is 11.0. The highest BCUT2D eigenvalue weighted by atomic mass is 19.3. The summed E-state index contributed by atoms with van der Waals surface area (Å²) < 4.78 is 25.9. The number of amides is 4. The smallest absolute Gasteiger partial charge is 0.315 e. The fourth-order valence-electron chi connectivity index (χ4n) is 5.63. The Morgan fingerprint density at radius 2 is 1.89 bits per heavy atom. The molecule has 0 aromatic heterocycles. The number of halogens is 2. The van der Waals surface area contributed by atoms with Crippen LogP contribution in [-0.4, -0.2) is 66.2 Å². The van der Waals surface area contributed by atoms with Gasteiger partial charge < -0.3 is 20.9 Å². The van der Waals surface area contributed by atoms with Crippen LogP contribution in [0.15, 0.2) is 0 Å². The molecule has 3 aliphatic rings. The lowest BCUT2D eigenvalue weighted by molar-refractivity contribution is -0.146. The number of nitriles is 1. The molecule has 2 saturated heterocycles. The second kappa shape index (κ2) is 10.9. The van der Waals surface area contributed by atoms with Crippen molar-refractivity contribution in [3.63, 3.8) is 0 Å². The number of nitrogens with one attached hydrogen (secondary N) is 3. The zero-order valence-corrected chi connectivity index (χ0v) is 20.5. The van der Waals surface area contributed by atoms with Crippen LogP contribution in [0.5, 0.6) is 0 Å². The summed E-state index contributed by atoms with van der Waals surface area (Å²) in [7, 11) is 0. The predicted molar refractivity (Wildman–Crippen MR) is 122 cm³/mol. The van der Waals surface area contributed by atoms with E-state index in [0.29, 0.717) is 19.5 Å². The third kappa shape index (κ3) is 6.08. The van der Waals surface area contributed by atoms with Crippen LogP contribution in [0, 0.1) is 34.5 Å². The van der Waals surface area contributed by atoms with E-state index in [9.17, 15) is 33.2 Å². The number of carbonyl (C=O) groups is 4. The first-order valence-electron chi connectivity index (χ1n) is 12.3. The molecule has 35 heavy (non-hydrogen) atoms. The molecular formula is C24H35F2N5O4. The lowest BCUT2D eigenvalue weighted by Crippen LogP contribution is -2.59. The highest BCUT2D eigenvalue weighted by Crippen LogP contribution is 2.43. The van der Waals surface area contributed by atoms with Crippen LogP contribution in [0.4, 0.5) is 8.78 Å². The summed E-state index contributed by atoms with van der Waals surface area (Å²) in [6, 6.07) is -0.941. The van der Waals surface area contributed by atoms with Gasteiger partial charge in [0.2, 0.25) is 17.7 Å². The van der Waals surface area contributed by atoms with Crippen molar-refractivity contribution in [3.8, 4) is 6.07 Å². The minimum absolute atomic E-state index is 0.0887. The van der Waals surface area contributed by atoms with E-state index in [2.05, 4.69) is 22.0 Å². The molecule has 6 atom stereocenters. The Hall–Kier alpha value is -2.77. The predicted octanol–water partition coefficient (Wildman–Crippen LogP) is 1.33. The number of hydrogen-bond acceptors (Lipinski definition) is 5. The Morgan fingerprint density at radius 3 is 2.49 bits per heavy atom. The molecule has 9 nitrogen and oxygen atoms in total. The summed E-state index contributed by atoms with van der Waals surface area (Å²) in [6.45, 7) is 5.87. The zero-order chi connectivity index (χ0) is 25.9. The van der Waals surface area contributed by atoms with Gasteiger partial charge in [-0.25, -0.2) is 0 Å². The van der Waals surface area contributed by atoms with E-state index < -0.39 is 47.7 Å². The van der Waals surface area contributed by atoms with Crippen LogP contribution in [0.3, 0.4) is 0 Å². The number of hydrogen-bond donors (Lipinski definition) is 3. The van der Waals surface area contributed by atoms with Gasteiger partial charge in [0.15, 0.2) is 0 Å². The molecule has 11 heteroatoms. The summed E-state index contributed by atoms with van der Waals surface area (Å²) in [5, 5.41) is 17.3. The van der Waals surface area contributed by atoms with Gasteiger partial charge in [0.1, 0.15) is 18.1 Å². The largest absolute Gasteiger partial charge is 0.356 e. The van der Waals surface area contributed by atoms with Crippen molar-refractivity contribution in [3.05, 3.63) is 0 Å². The number of likely N-dealkylation sites (tertiary alicyclic amines) is 1. The van der Waals surface area contributed by atoms with Crippen molar-refractivity contribution in [1.82, 2.24) is 20.9 Å². The minimum Gasteiger partial charge on any atom is -0.356 e. The molecule has 2 aliphatic heterocycles. The highest BCUT2D eigenvalue weighted by Gasteiger charge is 2.52. The normalized spacial score (nSPS) is 28.0. The number of rotatable bonds is 7. The second-order valence-corrected chi connectivity index (χ2v) is 11.0. The molecule has 0 radical (unpaired) electrons. The van der Waals surface area contributed by atoms with Gasteiger partial charge in [-0.05, 0) is 49.4 Å². The molecular weight excluding hydrogens is 460 g/mol. The minimum atomic E-state index is -3.27. The van der Waals surface area contributed by atoms with Crippen LogP contribution >= 0.6 is 0 Å². The number of alkyl halides is 2. The van der Waals surface area contributed by atoms with Gasteiger partial charge in [0.25, 0.3) is 5.91 Å². The molecule has 2 heterocycles. The van der Waals surface area contributed by atoms with E-state index in [4.69, 9.17) is 0 Å². The molecule has 0 unspecified atom stereocenters. The maximum atomic E-state index is 13.6. The summed E-state index contributed by atoms with van der Waals surface area (Å²) in [6.07, 6.45) is 0.835.